The van der Waals surface area contributed by atoms with Gasteiger partial charge in [0.1, 0.15) is 13.2 Å². The lowest BCUT2D eigenvalue weighted by molar-refractivity contribution is -0.167. The van der Waals surface area contributed by atoms with Crippen LogP contribution in [0.15, 0.2) is 60.8 Å². The van der Waals surface area contributed by atoms with Crippen LogP contribution in [0, 0.1) is 0 Å². The minimum absolute atomic E-state index is 0.0813. The molecule has 418 valence electrons. The van der Waals surface area contributed by atoms with Crippen molar-refractivity contribution in [3.8, 4) is 0 Å². The lowest BCUT2D eigenvalue weighted by Gasteiger charge is -2.18. The molecule has 0 aliphatic carbocycles. The van der Waals surface area contributed by atoms with Gasteiger partial charge < -0.3 is 14.2 Å². The molecule has 0 aromatic carbocycles. The molecule has 0 aliphatic heterocycles. The highest BCUT2D eigenvalue weighted by Crippen LogP contribution is 2.16. The van der Waals surface area contributed by atoms with E-state index in [1.54, 1.807) is 0 Å². The van der Waals surface area contributed by atoms with Gasteiger partial charge in [-0.2, -0.15) is 0 Å². The number of hydrogen-bond acceptors (Lipinski definition) is 6. The van der Waals surface area contributed by atoms with E-state index in [1.165, 1.54) is 186 Å². The molecule has 0 saturated heterocycles. The maximum absolute atomic E-state index is 12.9. The molecule has 0 aliphatic rings. The fourth-order valence-electron chi connectivity index (χ4n) is 8.97. The number of carbonyl (C=O) groups is 3. The molecule has 0 aromatic heterocycles. The van der Waals surface area contributed by atoms with Gasteiger partial charge in [-0.3, -0.25) is 14.4 Å². The first kappa shape index (κ1) is 69.1. The van der Waals surface area contributed by atoms with Crippen molar-refractivity contribution in [3.63, 3.8) is 0 Å². The van der Waals surface area contributed by atoms with Crippen molar-refractivity contribution < 1.29 is 28.6 Å². The van der Waals surface area contributed by atoms with Crippen LogP contribution in [0.25, 0.3) is 0 Å². The van der Waals surface area contributed by atoms with Gasteiger partial charge in [0.05, 0.1) is 0 Å². The summed E-state index contributed by atoms with van der Waals surface area (Å²) in [5, 5.41) is 0. The fraction of sp³-hybridized carbons (Fsp3) is 0.803. The second-order valence-corrected chi connectivity index (χ2v) is 21.0. The number of carbonyl (C=O) groups excluding carboxylic acids is 3. The Bertz CT molecular complexity index is 1290. The molecule has 0 N–H and O–H groups in total. The van der Waals surface area contributed by atoms with Gasteiger partial charge in [-0.05, 0) is 109 Å². The van der Waals surface area contributed by atoms with E-state index in [1.807, 2.05) is 0 Å². The van der Waals surface area contributed by atoms with Crippen LogP contribution in [0.2, 0.25) is 0 Å². The Morgan fingerprint density at radius 1 is 0.278 bits per heavy atom. The van der Waals surface area contributed by atoms with Crippen molar-refractivity contribution in [2.75, 3.05) is 13.2 Å². The van der Waals surface area contributed by atoms with Gasteiger partial charge in [-0.1, -0.05) is 255 Å². The third-order valence-electron chi connectivity index (χ3n) is 13.7. The summed E-state index contributed by atoms with van der Waals surface area (Å²) in [5.41, 5.74) is 0. The summed E-state index contributed by atoms with van der Waals surface area (Å²) in [6, 6.07) is 0. The first-order valence-electron chi connectivity index (χ1n) is 31.3. The monoisotopic (exact) mass is 1010 g/mol. The van der Waals surface area contributed by atoms with Crippen LogP contribution < -0.4 is 0 Å². The Kier molecular flexibility index (Phi) is 58.2. The first-order chi connectivity index (χ1) is 35.5. The molecule has 0 fully saturated rings. The molecular weight excluding hydrogens is 889 g/mol. The predicted octanol–water partition coefficient (Wildman–Crippen LogP) is 21.2. The zero-order chi connectivity index (χ0) is 52.2. The standard InChI is InChI=1S/C66H118O6/c1-4-7-10-13-16-19-22-25-27-29-30-31-32-33-34-35-36-37-39-41-44-47-50-53-56-59-65(68)71-62-63(61-70-64(67)58-55-52-49-46-43-40-24-21-18-15-12-9-6-3)72-66(69)60-57-54-51-48-45-42-38-28-26-23-20-17-14-11-8-5-2/h20-25,28-30,38,63H,4-19,26-27,31-37,39-62H2,1-3H3/b23-20-,24-21-,25-22-,30-29-,38-28-. The highest BCUT2D eigenvalue weighted by molar-refractivity contribution is 5.71. The van der Waals surface area contributed by atoms with Crippen molar-refractivity contribution >= 4 is 17.9 Å². The molecule has 72 heavy (non-hydrogen) atoms. The number of hydrogen-bond donors (Lipinski definition) is 0. The average Bonchev–Trinajstić information content (AvgIpc) is 3.38. The van der Waals surface area contributed by atoms with Crippen LogP contribution in [0.3, 0.4) is 0 Å². The number of unbranched alkanes of at least 4 members (excludes halogenated alkanes) is 36. The Balaban J connectivity index is 4.29. The van der Waals surface area contributed by atoms with E-state index in [-0.39, 0.29) is 31.1 Å². The van der Waals surface area contributed by atoms with Gasteiger partial charge in [0.2, 0.25) is 0 Å². The zero-order valence-electron chi connectivity index (χ0n) is 47.9. The van der Waals surface area contributed by atoms with Gasteiger partial charge >= 0.3 is 17.9 Å². The second kappa shape index (κ2) is 60.7. The van der Waals surface area contributed by atoms with E-state index in [4.69, 9.17) is 14.2 Å². The SMILES string of the molecule is CCCCCC/C=C\C/C=C\CCCCCCCC(=O)OC(COC(=O)CCCCCCC/C=C\CCCCCC)COC(=O)CCCCCCCCCCCCCCC/C=C\C/C=C\CCCCCCC. The second-order valence-electron chi connectivity index (χ2n) is 21.0. The van der Waals surface area contributed by atoms with E-state index in [2.05, 4.69) is 81.5 Å². The third kappa shape index (κ3) is 58.0. The van der Waals surface area contributed by atoms with Crippen LogP contribution in [-0.4, -0.2) is 37.2 Å². The van der Waals surface area contributed by atoms with Crippen LogP contribution in [-0.2, 0) is 28.6 Å². The van der Waals surface area contributed by atoms with Crippen LogP contribution in [0.4, 0.5) is 0 Å². The van der Waals surface area contributed by atoms with E-state index in [0.717, 1.165) is 96.3 Å². The molecule has 1 atom stereocenters. The van der Waals surface area contributed by atoms with Crippen molar-refractivity contribution in [1.29, 1.82) is 0 Å². The molecule has 1 unspecified atom stereocenters. The van der Waals surface area contributed by atoms with Gasteiger partial charge in [-0.25, -0.2) is 0 Å². The zero-order valence-corrected chi connectivity index (χ0v) is 47.9. The molecule has 0 spiro atoms. The van der Waals surface area contributed by atoms with Gasteiger partial charge in [0, 0.05) is 19.3 Å². The Morgan fingerprint density at radius 2 is 0.500 bits per heavy atom. The maximum Gasteiger partial charge on any atom is 0.306 e. The predicted molar refractivity (Wildman–Crippen MR) is 312 cm³/mol. The lowest BCUT2D eigenvalue weighted by Crippen LogP contribution is -2.30. The molecule has 0 saturated carbocycles. The highest BCUT2D eigenvalue weighted by atomic mass is 16.6. The molecule has 0 radical (unpaired) electrons. The summed E-state index contributed by atoms with van der Waals surface area (Å²) >= 11 is 0. The summed E-state index contributed by atoms with van der Waals surface area (Å²) in [7, 11) is 0. The summed E-state index contributed by atoms with van der Waals surface area (Å²) in [4.78, 5) is 38.2. The van der Waals surface area contributed by atoms with Crippen LogP contribution >= 0.6 is 0 Å². The summed E-state index contributed by atoms with van der Waals surface area (Å²) in [6.07, 6.45) is 76.5. The van der Waals surface area contributed by atoms with E-state index < -0.39 is 6.10 Å². The fourth-order valence-corrected chi connectivity index (χ4v) is 8.97. The maximum atomic E-state index is 12.9. The number of esters is 3. The normalized spacial score (nSPS) is 12.4. The third-order valence-corrected chi connectivity index (χ3v) is 13.7. The van der Waals surface area contributed by atoms with E-state index in [0.29, 0.717) is 19.3 Å². The van der Waals surface area contributed by atoms with Crippen LogP contribution in [0.1, 0.15) is 323 Å². The molecule has 6 heteroatoms. The van der Waals surface area contributed by atoms with E-state index in [9.17, 15) is 14.4 Å². The topological polar surface area (TPSA) is 78.9 Å². The molecule has 0 rings (SSSR count). The summed E-state index contributed by atoms with van der Waals surface area (Å²) < 4.78 is 16.9. The molecule has 0 amide bonds. The Hall–Kier alpha value is -2.89. The van der Waals surface area contributed by atoms with Gasteiger partial charge in [-0.15, -0.1) is 0 Å². The average molecular weight is 1010 g/mol. The number of rotatable bonds is 57. The minimum Gasteiger partial charge on any atom is -0.462 e. The highest BCUT2D eigenvalue weighted by Gasteiger charge is 2.19. The van der Waals surface area contributed by atoms with Gasteiger partial charge in [0.15, 0.2) is 6.10 Å². The molecular formula is C66H118O6. The number of ether oxygens (including phenoxy) is 3. The quantitative estimate of drug-likeness (QED) is 0.0261. The Labute approximate surface area is 447 Å². The summed E-state index contributed by atoms with van der Waals surface area (Å²) in [5.74, 6) is -0.891. The molecule has 6 nitrogen and oxygen atoms in total. The molecule has 0 heterocycles. The Morgan fingerprint density at radius 3 is 0.792 bits per heavy atom. The van der Waals surface area contributed by atoms with Crippen molar-refractivity contribution in [1.82, 2.24) is 0 Å². The van der Waals surface area contributed by atoms with Crippen molar-refractivity contribution in [2.45, 2.75) is 329 Å². The largest absolute Gasteiger partial charge is 0.462 e. The number of allylic oxidation sites excluding steroid dienone is 10. The van der Waals surface area contributed by atoms with Gasteiger partial charge in [0.25, 0.3) is 0 Å². The van der Waals surface area contributed by atoms with Crippen molar-refractivity contribution in [2.24, 2.45) is 0 Å². The summed E-state index contributed by atoms with van der Waals surface area (Å²) in [6.45, 7) is 6.61. The smallest absolute Gasteiger partial charge is 0.306 e. The molecule has 0 bridgehead atoms. The minimum atomic E-state index is -0.785. The lowest BCUT2D eigenvalue weighted by atomic mass is 10.0. The van der Waals surface area contributed by atoms with Crippen molar-refractivity contribution in [3.05, 3.63) is 60.8 Å². The van der Waals surface area contributed by atoms with Crippen LogP contribution in [0.5, 0.6) is 0 Å². The van der Waals surface area contributed by atoms with E-state index >= 15 is 0 Å². The molecule has 0 aromatic rings. The first-order valence-corrected chi connectivity index (χ1v) is 31.3.